The van der Waals surface area contributed by atoms with Gasteiger partial charge in [-0.05, 0) is 51.4 Å². The summed E-state index contributed by atoms with van der Waals surface area (Å²) in [6.45, 7) is 4.66. The normalized spacial score (nSPS) is 14.2. The maximum atomic E-state index is 12.9. The molecule has 1 amide bonds. The fourth-order valence-electron chi connectivity index (χ4n) is 8.72. The lowest BCUT2D eigenvalue weighted by Crippen LogP contribution is -2.45. The highest BCUT2D eigenvalue weighted by Gasteiger charge is 2.23. The number of hydrogen-bond donors (Lipinski definition) is 2. The topological polar surface area (TPSA) is 108 Å². The van der Waals surface area contributed by atoms with Crippen molar-refractivity contribution in [3.8, 4) is 0 Å². The second-order valence-corrected chi connectivity index (χ2v) is 22.8. The minimum Gasteiger partial charge on any atom is -0.756 e. The van der Waals surface area contributed by atoms with Crippen molar-refractivity contribution in [1.29, 1.82) is 0 Å². The average molecular weight is 980 g/mol. The van der Waals surface area contributed by atoms with Gasteiger partial charge in [-0.1, -0.05) is 262 Å². The van der Waals surface area contributed by atoms with E-state index in [1.807, 2.05) is 27.2 Å². The lowest BCUT2D eigenvalue weighted by atomic mass is 10.0. The zero-order valence-electron chi connectivity index (χ0n) is 45.8. The Balaban J connectivity index is 4.17. The fraction of sp³-hybridized carbons (Fsp3) is 0.881. The number of quaternary nitrogens is 1. The van der Waals surface area contributed by atoms with Gasteiger partial charge in [-0.2, -0.15) is 0 Å². The Morgan fingerprint density at radius 2 is 0.853 bits per heavy atom. The van der Waals surface area contributed by atoms with E-state index < -0.39 is 20.0 Å². The SMILES string of the molecule is CCCCCC/C=C\C/C=C\CCCCCCCCCC(=O)NC(COP(=O)([O-])OCC[N+](C)(C)C)C(O)/C=C/CCCCCCCCCCCCCCCCCCCCCCCCCCCC. The number of carbonyl (C=O) groups is 1. The number of nitrogens with one attached hydrogen (secondary N) is 1. The number of nitrogens with zero attached hydrogens (tertiary/aromatic N) is 1. The van der Waals surface area contributed by atoms with Crippen LogP contribution in [-0.4, -0.2) is 68.5 Å². The van der Waals surface area contributed by atoms with E-state index in [-0.39, 0.29) is 19.1 Å². The summed E-state index contributed by atoms with van der Waals surface area (Å²) in [5.74, 6) is -0.203. The van der Waals surface area contributed by atoms with Crippen LogP contribution in [0.1, 0.15) is 284 Å². The number of rotatable bonds is 54. The number of phosphoric acid groups is 1. The third kappa shape index (κ3) is 52.5. The summed E-state index contributed by atoms with van der Waals surface area (Å²) in [6, 6.07) is -0.891. The highest BCUT2D eigenvalue weighted by atomic mass is 31.2. The number of aliphatic hydroxyl groups excluding tert-OH is 1. The number of aliphatic hydroxyl groups is 1. The molecule has 0 aromatic rings. The van der Waals surface area contributed by atoms with Crippen molar-refractivity contribution in [2.75, 3.05) is 40.9 Å². The van der Waals surface area contributed by atoms with Crippen LogP contribution in [0.5, 0.6) is 0 Å². The van der Waals surface area contributed by atoms with Gasteiger partial charge in [0.2, 0.25) is 5.91 Å². The van der Waals surface area contributed by atoms with E-state index >= 15 is 0 Å². The van der Waals surface area contributed by atoms with Gasteiger partial charge in [-0.15, -0.1) is 0 Å². The number of phosphoric ester groups is 1. The summed E-state index contributed by atoms with van der Waals surface area (Å²) in [7, 11) is 1.26. The molecule has 0 aliphatic heterocycles. The Hall–Kier alpha value is -1.28. The Bertz CT molecular complexity index is 1200. The third-order valence-corrected chi connectivity index (χ3v) is 14.3. The van der Waals surface area contributed by atoms with E-state index in [9.17, 15) is 19.4 Å². The maximum Gasteiger partial charge on any atom is 0.268 e. The van der Waals surface area contributed by atoms with Crippen molar-refractivity contribution in [2.24, 2.45) is 0 Å². The molecule has 3 unspecified atom stereocenters. The lowest BCUT2D eigenvalue weighted by molar-refractivity contribution is -0.870. The number of amides is 1. The molecule has 9 heteroatoms. The van der Waals surface area contributed by atoms with Crippen molar-refractivity contribution < 1.29 is 32.9 Å². The predicted molar refractivity (Wildman–Crippen MR) is 293 cm³/mol. The second kappa shape index (κ2) is 50.7. The number of unbranched alkanes of at least 4 members (excludes halogenated alkanes) is 37. The van der Waals surface area contributed by atoms with Crippen molar-refractivity contribution in [3.05, 3.63) is 36.5 Å². The van der Waals surface area contributed by atoms with Crippen LogP contribution in [-0.2, 0) is 18.4 Å². The molecule has 0 spiro atoms. The first-order valence-electron chi connectivity index (χ1n) is 29.4. The Labute approximate surface area is 423 Å². The second-order valence-electron chi connectivity index (χ2n) is 21.4. The molecular formula is C59H115N2O6P. The maximum absolute atomic E-state index is 12.9. The summed E-state index contributed by atoms with van der Waals surface area (Å²) in [4.78, 5) is 25.5. The summed E-state index contributed by atoms with van der Waals surface area (Å²) < 4.78 is 23.4. The van der Waals surface area contributed by atoms with E-state index in [1.54, 1.807) is 6.08 Å². The molecule has 0 radical (unpaired) electrons. The molecule has 0 bridgehead atoms. The van der Waals surface area contributed by atoms with Gasteiger partial charge in [0.15, 0.2) is 0 Å². The zero-order valence-corrected chi connectivity index (χ0v) is 46.7. The summed E-state index contributed by atoms with van der Waals surface area (Å²) in [5.41, 5.74) is 0. The van der Waals surface area contributed by atoms with Crippen LogP contribution >= 0.6 is 7.82 Å². The van der Waals surface area contributed by atoms with Gasteiger partial charge in [-0.3, -0.25) is 9.36 Å². The van der Waals surface area contributed by atoms with Crippen LogP contribution in [0, 0.1) is 0 Å². The lowest BCUT2D eigenvalue weighted by Gasteiger charge is -2.29. The van der Waals surface area contributed by atoms with Crippen LogP contribution < -0.4 is 10.2 Å². The van der Waals surface area contributed by atoms with Crippen molar-refractivity contribution in [3.63, 3.8) is 0 Å². The number of allylic oxidation sites excluding steroid dienone is 5. The van der Waals surface area contributed by atoms with Crippen LogP contribution in [0.25, 0.3) is 0 Å². The highest BCUT2D eigenvalue weighted by Crippen LogP contribution is 2.38. The molecule has 0 aliphatic carbocycles. The third-order valence-electron chi connectivity index (χ3n) is 13.3. The molecule has 3 atom stereocenters. The van der Waals surface area contributed by atoms with Crippen LogP contribution in [0.2, 0.25) is 0 Å². The van der Waals surface area contributed by atoms with Gasteiger partial charge in [-0.25, -0.2) is 0 Å². The van der Waals surface area contributed by atoms with Gasteiger partial charge in [0.05, 0.1) is 39.9 Å². The quantitative estimate of drug-likeness (QED) is 0.0272. The molecule has 0 aromatic carbocycles. The molecule has 0 fully saturated rings. The van der Waals surface area contributed by atoms with Crippen molar-refractivity contribution >= 4 is 13.7 Å². The first-order chi connectivity index (χ1) is 33.0. The molecule has 0 rings (SSSR count). The van der Waals surface area contributed by atoms with Crippen LogP contribution in [0.3, 0.4) is 0 Å². The average Bonchev–Trinajstić information content (AvgIpc) is 3.30. The van der Waals surface area contributed by atoms with Crippen LogP contribution in [0.15, 0.2) is 36.5 Å². The summed E-state index contributed by atoms with van der Waals surface area (Å²) in [6.07, 6.45) is 65.1. The van der Waals surface area contributed by atoms with E-state index in [4.69, 9.17) is 9.05 Å². The standard InChI is InChI=1S/C59H115N2O6P/c1-6-8-10-12-14-16-18-20-22-24-26-27-28-29-30-31-32-33-34-35-36-38-40-42-44-46-48-50-52-58(62)57(56-67-68(64,65)66-55-54-61(3,4)5)60-59(63)53-51-49-47-45-43-41-39-37-25-23-21-19-17-15-13-11-9-7-2/h17,19,23,25,50,52,57-58,62H,6-16,18,20-22,24,26-49,51,53-56H2,1-5H3,(H-,60,63,64,65)/b19-17-,25-23-,52-50+. The first kappa shape index (κ1) is 66.7. The molecule has 0 aromatic heterocycles. The molecule has 2 N–H and O–H groups in total. The van der Waals surface area contributed by atoms with Gasteiger partial charge in [0, 0.05) is 6.42 Å². The molecule has 0 heterocycles. The number of likely N-dealkylation sites (N-methyl/N-ethyl adjacent to an activating group) is 1. The number of carbonyl (C=O) groups excluding carboxylic acids is 1. The molecule has 0 saturated heterocycles. The largest absolute Gasteiger partial charge is 0.756 e. The van der Waals surface area contributed by atoms with E-state index in [0.717, 1.165) is 51.4 Å². The van der Waals surface area contributed by atoms with E-state index in [0.29, 0.717) is 17.4 Å². The van der Waals surface area contributed by atoms with E-state index in [2.05, 4.69) is 43.5 Å². The smallest absolute Gasteiger partial charge is 0.268 e. The zero-order chi connectivity index (χ0) is 49.9. The van der Waals surface area contributed by atoms with Crippen molar-refractivity contribution in [1.82, 2.24) is 5.32 Å². The molecule has 8 nitrogen and oxygen atoms in total. The molecule has 68 heavy (non-hydrogen) atoms. The molecule has 0 saturated carbocycles. The van der Waals surface area contributed by atoms with E-state index in [1.165, 1.54) is 212 Å². The minimum atomic E-state index is -4.60. The summed E-state index contributed by atoms with van der Waals surface area (Å²) in [5, 5.41) is 13.9. The Morgan fingerprint density at radius 3 is 1.24 bits per heavy atom. The molecular weight excluding hydrogens is 864 g/mol. The summed E-state index contributed by atoms with van der Waals surface area (Å²) >= 11 is 0. The first-order valence-corrected chi connectivity index (χ1v) is 30.8. The minimum absolute atomic E-state index is 0.00237. The molecule has 402 valence electrons. The number of hydrogen-bond acceptors (Lipinski definition) is 6. The Kier molecular flexibility index (Phi) is 49.7. The van der Waals surface area contributed by atoms with Gasteiger partial charge in [0.1, 0.15) is 13.2 Å². The van der Waals surface area contributed by atoms with Gasteiger partial charge >= 0.3 is 0 Å². The Morgan fingerprint density at radius 1 is 0.515 bits per heavy atom. The van der Waals surface area contributed by atoms with Crippen molar-refractivity contribution in [2.45, 2.75) is 296 Å². The van der Waals surface area contributed by atoms with Crippen LogP contribution in [0.4, 0.5) is 0 Å². The monoisotopic (exact) mass is 979 g/mol. The molecule has 0 aliphatic rings. The fourth-order valence-corrected chi connectivity index (χ4v) is 9.44. The highest BCUT2D eigenvalue weighted by molar-refractivity contribution is 7.45. The van der Waals surface area contributed by atoms with Gasteiger partial charge < -0.3 is 28.8 Å². The predicted octanol–water partition coefficient (Wildman–Crippen LogP) is 17.1. The van der Waals surface area contributed by atoms with Gasteiger partial charge in [0.25, 0.3) is 7.82 Å².